The standard InChI is InChI=1S/C62H120NO8P/c1-6-8-10-12-14-15-16-17-18-19-20-21-22-23-24-25-26-27-28-29-30-31-32-33-34-35-36-37-38-39-40-41-42-43-44-45-46-47-49-51-53-55-62(65)71-60(59-70-72(66,67)69-57-56-63(3,4)5)58-68-61(64)54-52-50-48-13-11-9-7-2/h16-17,19-20,60H,6-15,18,21-59H2,1-5H3/b17-16-,20-19-. The average Bonchev–Trinajstić information content (AvgIpc) is 3.34. The van der Waals surface area contributed by atoms with Gasteiger partial charge < -0.3 is 27.9 Å². The number of hydrogen-bond acceptors (Lipinski definition) is 8. The van der Waals surface area contributed by atoms with E-state index in [2.05, 4.69) is 38.2 Å². The molecule has 0 aromatic heterocycles. The van der Waals surface area contributed by atoms with E-state index in [4.69, 9.17) is 18.5 Å². The van der Waals surface area contributed by atoms with Crippen LogP contribution in [-0.2, 0) is 32.7 Å². The number of likely N-dealkylation sites (N-methyl/N-ethyl adjacent to an activating group) is 1. The highest BCUT2D eigenvalue weighted by atomic mass is 31.2. The number of carbonyl (C=O) groups excluding carboxylic acids is 2. The van der Waals surface area contributed by atoms with Crippen molar-refractivity contribution in [3.8, 4) is 0 Å². The van der Waals surface area contributed by atoms with Crippen LogP contribution in [0.25, 0.3) is 0 Å². The predicted molar refractivity (Wildman–Crippen MR) is 305 cm³/mol. The molecular formula is C62H120NO8P. The Bertz CT molecular complexity index is 1270. The molecule has 0 rings (SSSR count). The lowest BCUT2D eigenvalue weighted by molar-refractivity contribution is -0.870. The summed E-state index contributed by atoms with van der Waals surface area (Å²) in [6, 6.07) is 0. The number of rotatable bonds is 58. The van der Waals surface area contributed by atoms with Gasteiger partial charge in [-0.15, -0.1) is 0 Å². The Kier molecular flexibility index (Phi) is 53.1. The zero-order valence-corrected chi connectivity index (χ0v) is 49.3. The second kappa shape index (κ2) is 54.3. The fraction of sp³-hybridized carbons (Fsp3) is 0.903. The number of quaternary nitrogens is 1. The van der Waals surface area contributed by atoms with Gasteiger partial charge in [0, 0.05) is 12.8 Å². The van der Waals surface area contributed by atoms with Crippen molar-refractivity contribution in [3.63, 3.8) is 0 Å². The van der Waals surface area contributed by atoms with E-state index in [1.807, 2.05) is 21.1 Å². The van der Waals surface area contributed by atoms with Crippen molar-refractivity contribution in [2.75, 3.05) is 47.5 Å². The fourth-order valence-corrected chi connectivity index (χ4v) is 9.89. The maximum atomic E-state index is 12.7. The monoisotopic (exact) mass is 1040 g/mol. The van der Waals surface area contributed by atoms with Gasteiger partial charge in [0.1, 0.15) is 19.8 Å². The number of esters is 2. The van der Waals surface area contributed by atoms with E-state index in [1.165, 1.54) is 238 Å². The number of nitrogens with zero attached hydrogens (tertiary/aromatic N) is 1. The molecule has 0 bridgehead atoms. The van der Waals surface area contributed by atoms with Crippen molar-refractivity contribution < 1.29 is 42.1 Å². The van der Waals surface area contributed by atoms with Crippen molar-refractivity contribution in [1.82, 2.24) is 0 Å². The van der Waals surface area contributed by atoms with E-state index in [-0.39, 0.29) is 32.0 Å². The maximum absolute atomic E-state index is 12.7. The van der Waals surface area contributed by atoms with Crippen LogP contribution in [0.15, 0.2) is 24.3 Å². The molecule has 0 spiro atoms. The summed E-state index contributed by atoms with van der Waals surface area (Å²) in [5.41, 5.74) is 0. The minimum absolute atomic E-state index is 0.0270. The zero-order valence-electron chi connectivity index (χ0n) is 48.4. The molecule has 10 heteroatoms. The average molecular weight is 1040 g/mol. The predicted octanol–water partition coefficient (Wildman–Crippen LogP) is 18.7. The smallest absolute Gasteiger partial charge is 0.306 e. The SMILES string of the molecule is CCCCCCC/C=C\C/C=C\CCCCCCCCCCCCCCCCCCCCCCCCCCCCCCCC(=O)OC(COC(=O)CCCCCCCCC)COP(=O)([O-])OCC[N+](C)(C)C. The molecule has 0 amide bonds. The van der Waals surface area contributed by atoms with Crippen molar-refractivity contribution in [3.05, 3.63) is 24.3 Å². The molecule has 0 aromatic carbocycles. The quantitative estimate of drug-likeness (QED) is 0.0195. The lowest BCUT2D eigenvalue weighted by atomic mass is 10.0. The number of carbonyl (C=O) groups is 2. The molecule has 0 heterocycles. The third-order valence-corrected chi connectivity index (χ3v) is 14.9. The molecule has 72 heavy (non-hydrogen) atoms. The van der Waals surface area contributed by atoms with Crippen molar-refractivity contribution in [2.24, 2.45) is 0 Å². The largest absolute Gasteiger partial charge is 0.756 e. The van der Waals surface area contributed by atoms with Crippen LogP contribution in [0.2, 0.25) is 0 Å². The molecule has 0 aromatic rings. The molecule has 0 aliphatic carbocycles. The molecule has 2 unspecified atom stereocenters. The molecule has 0 aliphatic rings. The van der Waals surface area contributed by atoms with E-state index >= 15 is 0 Å². The summed E-state index contributed by atoms with van der Waals surface area (Å²) in [7, 11) is 1.18. The van der Waals surface area contributed by atoms with Crippen molar-refractivity contribution in [1.29, 1.82) is 0 Å². The summed E-state index contributed by atoms with van der Waals surface area (Å²) in [6.45, 7) is 4.21. The van der Waals surface area contributed by atoms with Gasteiger partial charge in [-0.2, -0.15) is 0 Å². The number of unbranched alkanes of at least 4 members (excludes halogenated alkanes) is 40. The van der Waals surface area contributed by atoms with E-state index in [0.717, 1.165) is 38.5 Å². The summed E-state index contributed by atoms with van der Waals surface area (Å²) in [6.07, 6.45) is 66.0. The first-order chi connectivity index (χ1) is 35.0. The summed E-state index contributed by atoms with van der Waals surface area (Å²) in [4.78, 5) is 37.5. The third kappa shape index (κ3) is 57.8. The van der Waals surface area contributed by atoms with Crippen LogP contribution in [0.5, 0.6) is 0 Å². The first kappa shape index (κ1) is 70.5. The van der Waals surface area contributed by atoms with Gasteiger partial charge in [0.15, 0.2) is 6.10 Å². The second-order valence-corrected chi connectivity index (χ2v) is 23.8. The topological polar surface area (TPSA) is 111 Å². The van der Waals surface area contributed by atoms with Gasteiger partial charge in [-0.1, -0.05) is 276 Å². The van der Waals surface area contributed by atoms with Crippen LogP contribution in [0, 0.1) is 0 Å². The number of hydrogen-bond donors (Lipinski definition) is 0. The number of phosphoric ester groups is 1. The molecule has 2 atom stereocenters. The van der Waals surface area contributed by atoms with Gasteiger partial charge in [0.05, 0.1) is 27.7 Å². The first-order valence-corrected chi connectivity index (χ1v) is 32.5. The van der Waals surface area contributed by atoms with Crippen LogP contribution in [-0.4, -0.2) is 70.0 Å². The van der Waals surface area contributed by atoms with Gasteiger partial charge in [-0.25, -0.2) is 0 Å². The highest BCUT2D eigenvalue weighted by Crippen LogP contribution is 2.38. The normalized spacial score (nSPS) is 13.4. The number of ether oxygens (including phenoxy) is 2. The summed E-state index contributed by atoms with van der Waals surface area (Å²) >= 11 is 0. The van der Waals surface area contributed by atoms with Crippen LogP contribution >= 0.6 is 7.82 Å². The molecular weight excluding hydrogens is 918 g/mol. The highest BCUT2D eigenvalue weighted by molar-refractivity contribution is 7.45. The van der Waals surface area contributed by atoms with Crippen molar-refractivity contribution in [2.45, 2.75) is 315 Å². The second-order valence-electron chi connectivity index (χ2n) is 22.4. The Morgan fingerprint density at radius 2 is 0.750 bits per heavy atom. The van der Waals surface area contributed by atoms with E-state index < -0.39 is 26.5 Å². The van der Waals surface area contributed by atoms with Crippen LogP contribution in [0.3, 0.4) is 0 Å². The van der Waals surface area contributed by atoms with E-state index in [0.29, 0.717) is 17.4 Å². The lowest BCUT2D eigenvalue weighted by Crippen LogP contribution is -2.37. The minimum Gasteiger partial charge on any atom is -0.756 e. The van der Waals surface area contributed by atoms with Gasteiger partial charge >= 0.3 is 11.9 Å². The minimum atomic E-state index is -4.62. The summed E-state index contributed by atoms with van der Waals surface area (Å²) in [5.74, 6) is -0.826. The number of phosphoric acid groups is 1. The Hall–Kier alpha value is -1.51. The van der Waals surface area contributed by atoms with E-state index in [9.17, 15) is 19.0 Å². The van der Waals surface area contributed by atoms with Crippen LogP contribution in [0.1, 0.15) is 309 Å². The lowest BCUT2D eigenvalue weighted by Gasteiger charge is -2.28. The highest BCUT2D eigenvalue weighted by Gasteiger charge is 2.22. The molecule has 426 valence electrons. The Morgan fingerprint density at radius 1 is 0.431 bits per heavy atom. The molecule has 0 saturated heterocycles. The number of allylic oxidation sites excluding steroid dienone is 4. The Balaban J connectivity index is 3.71. The molecule has 0 radical (unpaired) electrons. The van der Waals surface area contributed by atoms with Gasteiger partial charge in [0.2, 0.25) is 0 Å². The fourth-order valence-electron chi connectivity index (χ4n) is 9.16. The zero-order chi connectivity index (χ0) is 52.7. The van der Waals surface area contributed by atoms with E-state index in [1.54, 1.807) is 0 Å². The maximum Gasteiger partial charge on any atom is 0.306 e. The Labute approximate surface area is 447 Å². The molecule has 0 aliphatic heterocycles. The van der Waals surface area contributed by atoms with Crippen molar-refractivity contribution >= 4 is 19.8 Å². The van der Waals surface area contributed by atoms with Crippen LogP contribution < -0.4 is 4.89 Å². The summed E-state index contributed by atoms with van der Waals surface area (Å²) in [5, 5.41) is 0. The first-order valence-electron chi connectivity index (χ1n) is 31.0. The van der Waals surface area contributed by atoms with Gasteiger partial charge in [0.25, 0.3) is 7.82 Å². The summed E-state index contributed by atoms with van der Waals surface area (Å²) < 4.78 is 33.9. The van der Waals surface area contributed by atoms with Gasteiger partial charge in [-0.05, 0) is 44.9 Å². The van der Waals surface area contributed by atoms with Crippen LogP contribution in [0.4, 0.5) is 0 Å². The molecule has 9 nitrogen and oxygen atoms in total. The van der Waals surface area contributed by atoms with Gasteiger partial charge in [-0.3, -0.25) is 14.2 Å². The molecule has 0 saturated carbocycles. The molecule has 0 fully saturated rings. The molecule has 0 N–H and O–H groups in total. The third-order valence-electron chi connectivity index (χ3n) is 14.0. The Morgan fingerprint density at radius 3 is 1.10 bits per heavy atom.